The Morgan fingerprint density at radius 3 is 2.62 bits per heavy atom. The monoisotopic (exact) mass is 284 g/mol. The van der Waals surface area contributed by atoms with Crippen LogP contribution in [0.25, 0.3) is 5.69 Å². The van der Waals surface area contributed by atoms with Gasteiger partial charge in [0.1, 0.15) is 0 Å². The summed E-state index contributed by atoms with van der Waals surface area (Å²) in [6.07, 6.45) is 6.16. The number of para-hydroxylation sites is 1. The summed E-state index contributed by atoms with van der Waals surface area (Å²) in [6, 6.07) is 10.4. The van der Waals surface area contributed by atoms with E-state index in [0.29, 0.717) is 0 Å². The van der Waals surface area contributed by atoms with E-state index < -0.39 is 0 Å². The van der Waals surface area contributed by atoms with E-state index in [9.17, 15) is 0 Å². The van der Waals surface area contributed by atoms with E-state index in [1.807, 2.05) is 13.0 Å². The number of nitrogens with one attached hydrogen (secondary N) is 1. The third kappa shape index (κ3) is 3.64. The van der Waals surface area contributed by atoms with Crippen molar-refractivity contribution in [1.29, 1.82) is 0 Å². The molecule has 0 bridgehead atoms. The van der Waals surface area contributed by atoms with Crippen LogP contribution < -0.4 is 5.32 Å². The number of hydrogen-bond donors (Lipinski definition) is 1. The quantitative estimate of drug-likeness (QED) is 0.916. The lowest BCUT2D eigenvalue weighted by molar-refractivity contribution is 0.237. The van der Waals surface area contributed by atoms with Gasteiger partial charge < -0.3 is 10.2 Å². The minimum absolute atomic E-state index is 0.940. The molecule has 0 spiro atoms. The van der Waals surface area contributed by atoms with E-state index in [1.54, 1.807) is 0 Å². The molecule has 0 aliphatic carbocycles. The highest BCUT2D eigenvalue weighted by molar-refractivity contribution is 5.42. The number of imidazole rings is 1. The highest BCUT2D eigenvalue weighted by Crippen LogP contribution is 2.16. The summed E-state index contributed by atoms with van der Waals surface area (Å²) in [7, 11) is 0. The van der Waals surface area contributed by atoms with E-state index in [0.717, 1.165) is 30.4 Å². The van der Waals surface area contributed by atoms with Crippen LogP contribution in [0.2, 0.25) is 0 Å². The first kappa shape index (κ1) is 14.1. The predicted octanol–water partition coefficient (Wildman–Crippen LogP) is 3.08. The summed E-state index contributed by atoms with van der Waals surface area (Å²) < 4.78 is 2.13. The van der Waals surface area contributed by atoms with Crippen molar-refractivity contribution in [3.05, 3.63) is 42.2 Å². The highest BCUT2D eigenvalue weighted by Gasteiger charge is 2.11. The fourth-order valence-corrected chi connectivity index (χ4v) is 2.92. The Morgan fingerprint density at radius 1 is 1.10 bits per heavy atom. The summed E-state index contributed by atoms with van der Waals surface area (Å²) in [5.74, 6) is 0.940. The van der Waals surface area contributed by atoms with Gasteiger partial charge in [0.15, 0.2) is 0 Å². The molecular formula is C17H24N4. The average molecular weight is 284 g/mol. The van der Waals surface area contributed by atoms with Gasteiger partial charge in [-0.1, -0.05) is 24.6 Å². The summed E-state index contributed by atoms with van der Waals surface area (Å²) in [4.78, 5) is 7.14. The number of anilines is 1. The zero-order chi connectivity index (χ0) is 14.5. The van der Waals surface area contributed by atoms with Gasteiger partial charge in [-0.3, -0.25) is 4.57 Å². The molecule has 0 atom stereocenters. The number of benzene rings is 1. The lowest BCUT2D eigenvalue weighted by atomic mass is 10.1. The Kier molecular flexibility index (Phi) is 4.55. The van der Waals surface area contributed by atoms with Gasteiger partial charge in [-0.05, 0) is 45.0 Å². The first-order valence-electron chi connectivity index (χ1n) is 7.90. The number of aromatic nitrogens is 2. The van der Waals surface area contributed by atoms with E-state index in [2.05, 4.69) is 50.2 Å². The number of hydrogen-bond acceptors (Lipinski definition) is 3. The SMILES string of the molecule is Cc1cn(-c2ccccc2)c(NCCN2CCCCC2)n1. The summed E-state index contributed by atoms with van der Waals surface area (Å²) in [5.41, 5.74) is 2.19. The summed E-state index contributed by atoms with van der Waals surface area (Å²) in [5, 5.41) is 3.49. The van der Waals surface area contributed by atoms with Crippen molar-refractivity contribution >= 4 is 5.95 Å². The molecule has 1 saturated heterocycles. The van der Waals surface area contributed by atoms with Crippen molar-refractivity contribution in [2.75, 3.05) is 31.5 Å². The minimum Gasteiger partial charge on any atom is -0.354 e. The van der Waals surface area contributed by atoms with Crippen molar-refractivity contribution in [1.82, 2.24) is 14.5 Å². The van der Waals surface area contributed by atoms with Crippen molar-refractivity contribution < 1.29 is 0 Å². The largest absolute Gasteiger partial charge is 0.354 e. The standard InChI is InChI=1S/C17H24N4/c1-15-14-21(16-8-4-2-5-9-16)17(19-15)18-10-13-20-11-6-3-7-12-20/h2,4-5,8-9,14H,3,6-7,10-13H2,1H3,(H,18,19). The van der Waals surface area contributed by atoms with Crippen LogP contribution in [0.4, 0.5) is 5.95 Å². The fourth-order valence-electron chi connectivity index (χ4n) is 2.92. The Bertz CT molecular complexity index is 555. The van der Waals surface area contributed by atoms with Gasteiger partial charge in [0, 0.05) is 25.0 Å². The van der Waals surface area contributed by atoms with Crippen molar-refractivity contribution in [2.45, 2.75) is 26.2 Å². The van der Waals surface area contributed by atoms with Crippen LogP contribution in [0.3, 0.4) is 0 Å². The predicted molar refractivity (Wildman–Crippen MR) is 87.1 cm³/mol. The molecule has 112 valence electrons. The van der Waals surface area contributed by atoms with Gasteiger partial charge in [0.2, 0.25) is 5.95 Å². The lowest BCUT2D eigenvalue weighted by Crippen LogP contribution is -2.34. The Hall–Kier alpha value is -1.81. The van der Waals surface area contributed by atoms with E-state index >= 15 is 0 Å². The summed E-state index contributed by atoms with van der Waals surface area (Å²) >= 11 is 0. The van der Waals surface area contributed by atoms with Crippen LogP contribution in [0.15, 0.2) is 36.5 Å². The van der Waals surface area contributed by atoms with Crippen LogP contribution in [0.5, 0.6) is 0 Å². The molecule has 1 N–H and O–H groups in total. The maximum atomic E-state index is 4.60. The average Bonchev–Trinajstić information content (AvgIpc) is 2.90. The zero-order valence-electron chi connectivity index (χ0n) is 12.8. The molecule has 0 saturated carbocycles. The smallest absolute Gasteiger partial charge is 0.207 e. The molecule has 1 aliphatic rings. The molecule has 1 aromatic heterocycles. The van der Waals surface area contributed by atoms with Crippen LogP contribution in [0, 0.1) is 6.92 Å². The number of rotatable bonds is 5. The van der Waals surface area contributed by atoms with Gasteiger partial charge in [-0.25, -0.2) is 4.98 Å². The topological polar surface area (TPSA) is 33.1 Å². The zero-order valence-corrected chi connectivity index (χ0v) is 12.8. The molecule has 1 aromatic carbocycles. The Balaban J connectivity index is 1.62. The van der Waals surface area contributed by atoms with Crippen LogP contribution in [-0.2, 0) is 0 Å². The second-order valence-electron chi connectivity index (χ2n) is 5.74. The molecule has 21 heavy (non-hydrogen) atoms. The molecule has 4 heteroatoms. The van der Waals surface area contributed by atoms with E-state index in [-0.39, 0.29) is 0 Å². The van der Waals surface area contributed by atoms with Gasteiger partial charge in [0.25, 0.3) is 0 Å². The van der Waals surface area contributed by atoms with E-state index in [4.69, 9.17) is 0 Å². The van der Waals surface area contributed by atoms with Gasteiger partial charge in [-0.2, -0.15) is 0 Å². The molecule has 1 aliphatic heterocycles. The lowest BCUT2D eigenvalue weighted by Gasteiger charge is -2.26. The maximum absolute atomic E-state index is 4.60. The van der Waals surface area contributed by atoms with Crippen LogP contribution in [-0.4, -0.2) is 40.6 Å². The van der Waals surface area contributed by atoms with Crippen LogP contribution >= 0.6 is 0 Å². The van der Waals surface area contributed by atoms with Crippen LogP contribution in [0.1, 0.15) is 25.0 Å². The summed E-state index contributed by atoms with van der Waals surface area (Å²) in [6.45, 7) is 6.57. The maximum Gasteiger partial charge on any atom is 0.207 e. The molecular weight excluding hydrogens is 260 g/mol. The fraction of sp³-hybridized carbons (Fsp3) is 0.471. The van der Waals surface area contributed by atoms with Gasteiger partial charge >= 0.3 is 0 Å². The van der Waals surface area contributed by atoms with Crippen molar-refractivity contribution in [2.24, 2.45) is 0 Å². The normalized spacial score (nSPS) is 16.0. The van der Waals surface area contributed by atoms with Crippen molar-refractivity contribution in [3.63, 3.8) is 0 Å². The Morgan fingerprint density at radius 2 is 1.86 bits per heavy atom. The molecule has 2 heterocycles. The molecule has 2 aromatic rings. The molecule has 0 amide bonds. The van der Waals surface area contributed by atoms with E-state index in [1.165, 1.54) is 32.4 Å². The molecule has 3 rings (SSSR count). The first-order valence-corrected chi connectivity index (χ1v) is 7.90. The second-order valence-corrected chi connectivity index (χ2v) is 5.74. The van der Waals surface area contributed by atoms with Crippen molar-refractivity contribution in [3.8, 4) is 5.69 Å². The highest BCUT2D eigenvalue weighted by atomic mass is 15.2. The molecule has 0 radical (unpaired) electrons. The minimum atomic E-state index is 0.940. The number of piperidine rings is 1. The third-order valence-electron chi connectivity index (χ3n) is 4.02. The number of nitrogens with zero attached hydrogens (tertiary/aromatic N) is 3. The first-order chi connectivity index (χ1) is 10.3. The molecule has 1 fully saturated rings. The second kappa shape index (κ2) is 6.76. The third-order valence-corrected chi connectivity index (χ3v) is 4.02. The number of aryl methyl sites for hydroxylation is 1. The molecule has 4 nitrogen and oxygen atoms in total. The number of likely N-dealkylation sites (tertiary alicyclic amines) is 1. The Labute approximate surface area is 126 Å². The molecule has 0 unspecified atom stereocenters. The van der Waals surface area contributed by atoms with Gasteiger partial charge in [-0.15, -0.1) is 0 Å². The van der Waals surface area contributed by atoms with Gasteiger partial charge in [0.05, 0.1) is 5.69 Å².